The van der Waals surface area contributed by atoms with Crippen molar-refractivity contribution >= 4 is 5.96 Å². The Kier molecular flexibility index (Phi) is 5.92. The number of hydrogen-bond acceptors (Lipinski definition) is 2. The average molecular weight is 277 g/mol. The van der Waals surface area contributed by atoms with Gasteiger partial charge >= 0.3 is 0 Å². The van der Waals surface area contributed by atoms with Crippen LogP contribution in [0.25, 0.3) is 0 Å². The van der Waals surface area contributed by atoms with Gasteiger partial charge in [0.1, 0.15) is 0 Å². The molecular weight excluding hydrogens is 250 g/mol. The summed E-state index contributed by atoms with van der Waals surface area (Å²) in [6.07, 6.45) is 5.45. The van der Waals surface area contributed by atoms with Gasteiger partial charge in [0.2, 0.25) is 0 Å². The van der Waals surface area contributed by atoms with Gasteiger partial charge in [0.25, 0.3) is 0 Å². The molecule has 0 bridgehead atoms. The zero-order valence-corrected chi connectivity index (χ0v) is 12.7. The Morgan fingerprint density at radius 3 is 2.75 bits per heavy atom. The third-order valence-corrected chi connectivity index (χ3v) is 3.93. The third-order valence-electron chi connectivity index (χ3n) is 3.93. The maximum absolute atomic E-state index is 4.28. The van der Waals surface area contributed by atoms with Crippen molar-refractivity contribution in [2.75, 3.05) is 39.8 Å². The van der Waals surface area contributed by atoms with Crippen LogP contribution in [0.5, 0.6) is 0 Å². The molecule has 0 saturated carbocycles. The van der Waals surface area contributed by atoms with Gasteiger partial charge in [-0.1, -0.05) is 6.92 Å². The van der Waals surface area contributed by atoms with E-state index in [4.69, 9.17) is 0 Å². The summed E-state index contributed by atoms with van der Waals surface area (Å²) in [7, 11) is 1.83. The summed E-state index contributed by atoms with van der Waals surface area (Å²) < 4.78 is 2.16. The number of guanidine groups is 1. The van der Waals surface area contributed by atoms with Gasteiger partial charge in [0.15, 0.2) is 5.96 Å². The van der Waals surface area contributed by atoms with E-state index < -0.39 is 0 Å². The second kappa shape index (κ2) is 7.94. The maximum atomic E-state index is 4.28. The predicted octanol–water partition coefficient (Wildman–Crippen LogP) is 0.995. The summed E-state index contributed by atoms with van der Waals surface area (Å²) in [5.41, 5.74) is 0. The zero-order valence-electron chi connectivity index (χ0n) is 12.7. The van der Waals surface area contributed by atoms with E-state index in [1.54, 1.807) is 0 Å². The van der Waals surface area contributed by atoms with Gasteiger partial charge < -0.3 is 20.1 Å². The van der Waals surface area contributed by atoms with E-state index in [1.807, 2.05) is 19.2 Å². The van der Waals surface area contributed by atoms with Gasteiger partial charge in [0, 0.05) is 45.6 Å². The van der Waals surface area contributed by atoms with Crippen molar-refractivity contribution in [1.82, 2.24) is 20.1 Å². The first-order valence-corrected chi connectivity index (χ1v) is 7.59. The van der Waals surface area contributed by atoms with Crippen molar-refractivity contribution in [2.45, 2.75) is 19.9 Å². The van der Waals surface area contributed by atoms with Crippen molar-refractivity contribution in [3.05, 3.63) is 24.5 Å². The van der Waals surface area contributed by atoms with Crippen LogP contribution in [-0.2, 0) is 6.54 Å². The number of aromatic nitrogens is 1. The van der Waals surface area contributed by atoms with E-state index in [9.17, 15) is 0 Å². The minimum atomic E-state index is 0.748. The van der Waals surface area contributed by atoms with Crippen LogP contribution in [-0.4, -0.2) is 55.2 Å². The normalized spacial score (nSPS) is 20.3. The van der Waals surface area contributed by atoms with Crippen LogP contribution >= 0.6 is 0 Å². The van der Waals surface area contributed by atoms with Crippen molar-refractivity contribution in [1.29, 1.82) is 0 Å². The molecule has 0 radical (unpaired) electrons. The smallest absolute Gasteiger partial charge is 0.191 e. The van der Waals surface area contributed by atoms with Crippen LogP contribution in [0.2, 0.25) is 0 Å². The van der Waals surface area contributed by atoms with Gasteiger partial charge in [-0.3, -0.25) is 4.99 Å². The molecule has 5 nitrogen and oxygen atoms in total. The fourth-order valence-electron chi connectivity index (χ4n) is 2.65. The largest absolute Gasteiger partial charge is 0.356 e. The second-order valence-electron chi connectivity index (χ2n) is 5.35. The molecule has 1 aromatic heterocycles. The lowest BCUT2D eigenvalue weighted by atomic mass is 10.1. The van der Waals surface area contributed by atoms with E-state index in [0.29, 0.717) is 0 Å². The highest BCUT2D eigenvalue weighted by Gasteiger charge is 2.20. The quantitative estimate of drug-likeness (QED) is 0.602. The molecule has 1 aliphatic rings. The fourth-order valence-corrected chi connectivity index (χ4v) is 2.65. The molecule has 1 atom stereocenters. The van der Waals surface area contributed by atoms with Crippen molar-refractivity contribution in [3.8, 4) is 0 Å². The summed E-state index contributed by atoms with van der Waals surface area (Å²) >= 11 is 0. The first kappa shape index (κ1) is 14.9. The lowest BCUT2D eigenvalue weighted by Gasteiger charge is -2.16. The van der Waals surface area contributed by atoms with Crippen molar-refractivity contribution < 1.29 is 0 Å². The molecule has 2 heterocycles. The molecule has 0 spiro atoms. The molecule has 0 amide bonds. The first-order valence-electron chi connectivity index (χ1n) is 7.59. The molecule has 1 fully saturated rings. The van der Waals surface area contributed by atoms with Crippen LogP contribution < -0.4 is 10.6 Å². The van der Waals surface area contributed by atoms with Crippen molar-refractivity contribution in [2.24, 2.45) is 10.9 Å². The number of nitrogens with zero attached hydrogens (tertiary/aromatic N) is 3. The van der Waals surface area contributed by atoms with Gasteiger partial charge in [-0.25, -0.2) is 0 Å². The van der Waals surface area contributed by atoms with E-state index in [2.05, 4.69) is 44.4 Å². The Morgan fingerprint density at radius 2 is 2.10 bits per heavy atom. The van der Waals surface area contributed by atoms with Crippen LogP contribution in [0.3, 0.4) is 0 Å². The molecule has 1 unspecified atom stereocenters. The maximum Gasteiger partial charge on any atom is 0.191 e. The minimum Gasteiger partial charge on any atom is -0.356 e. The summed E-state index contributed by atoms with van der Waals surface area (Å²) in [6.45, 7) is 8.71. The average Bonchev–Trinajstić information content (AvgIpc) is 3.13. The molecule has 112 valence electrons. The predicted molar refractivity (Wildman–Crippen MR) is 84.0 cm³/mol. The molecule has 5 heteroatoms. The summed E-state index contributed by atoms with van der Waals surface area (Å²) in [5.74, 6) is 1.66. The van der Waals surface area contributed by atoms with E-state index in [0.717, 1.165) is 31.5 Å². The Bertz CT molecular complexity index is 398. The number of hydrogen-bond donors (Lipinski definition) is 2. The van der Waals surface area contributed by atoms with Gasteiger partial charge in [0.05, 0.1) is 0 Å². The molecule has 0 aliphatic carbocycles. The summed E-state index contributed by atoms with van der Waals surface area (Å²) in [5, 5.41) is 6.80. The standard InChI is InChI=1S/C15H27N5/c1-3-19-10-6-14(13-19)12-18-15(16-2)17-7-11-20-8-4-5-9-20/h4-5,8-9,14H,3,6-7,10-13H2,1-2H3,(H2,16,17,18). The number of aliphatic imine (C=N–C) groups is 1. The number of nitrogens with one attached hydrogen (secondary N) is 2. The van der Waals surface area contributed by atoms with Crippen LogP contribution in [0.1, 0.15) is 13.3 Å². The molecule has 1 aromatic rings. The monoisotopic (exact) mass is 277 g/mol. The zero-order chi connectivity index (χ0) is 14.2. The first-order chi connectivity index (χ1) is 9.81. The van der Waals surface area contributed by atoms with Crippen LogP contribution in [0.15, 0.2) is 29.5 Å². The van der Waals surface area contributed by atoms with E-state index in [-0.39, 0.29) is 0 Å². The fraction of sp³-hybridized carbons (Fsp3) is 0.667. The minimum absolute atomic E-state index is 0.748. The number of rotatable bonds is 6. The summed E-state index contributed by atoms with van der Waals surface area (Å²) in [4.78, 5) is 6.79. The molecule has 0 aromatic carbocycles. The molecular formula is C15H27N5. The Hall–Kier alpha value is -1.49. The molecule has 20 heavy (non-hydrogen) atoms. The topological polar surface area (TPSA) is 44.6 Å². The molecule has 1 aliphatic heterocycles. The SMILES string of the molecule is CCN1CCC(CNC(=NC)NCCn2cccc2)C1. The molecule has 2 rings (SSSR count). The van der Waals surface area contributed by atoms with Gasteiger partial charge in [-0.2, -0.15) is 0 Å². The molecule has 1 saturated heterocycles. The summed E-state index contributed by atoms with van der Waals surface area (Å²) in [6, 6.07) is 4.10. The molecule has 2 N–H and O–H groups in total. The van der Waals surface area contributed by atoms with E-state index in [1.165, 1.54) is 26.1 Å². The highest BCUT2D eigenvalue weighted by atomic mass is 15.2. The van der Waals surface area contributed by atoms with E-state index >= 15 is 0 Å². The Labute approximate surface area is 122 Å². The second-order valence-corrected chi connectivity index (χ2v) is 5.35. The Balaban J connectivity index is 1.63. The van der Waals surface area contributed by atoms with Crippen LogP contribution in [0.4, 0.5) is 0 Å². The van der Waals surface area contributed by atoms with Crippen molar-refractivity contribution in [3.63, 3.8) is 0 Å². The van der Waals surface area contributed by atoms with Gasteiger partial charge in [-0.05, 0) is 37.6 Å². The Morgan fingerprint density at radius 1 is 1.30 bits per heavy atom. The number of likely N-dealkylation sites (tertiary alicyclic amines) is 1. The third kappa shape index (κ3) is 4.56. The lowest BCUT2D eigenvalue weighted by molar-refractivity contribution is 0.342. The van der Waals surface area contributed by atoms with Gasteiger partial charge in [-0.15, -0.1) is 0 Å². The highest BCUT2D eigenvalue weighted by molar-refractivity contribution is 5.79. The van der Waals surface area contributed by atoms with Crippen LogP contribution in [0, 0.1) is 5.92 Å². The highest BCUT2D eigenvalue weighted by Crippen LogP contribution is 2.14. The lowest BCUT2D eigenvalue weighted by Crippen LogP contribution is -2.41.